The summed E-state index contributed by atoms with van der Waals surface area (Å²) < 4.78 is 19.1. The van der Waals surface area contributed by atoms with Crippen LogP contribution in [0.4, 0.5) is 0 Å². The SMILES string of the molecule is Cc1ccc(COc2ccc(Oc3c(C)cc(/C(=C\C=O)N4CCN(Cc5ccc(CCOc6ccc(I)cc6)cc5)CC4)cc3Cl)nc2)cc1. The number of ether oxygens (including phenoxy) is 3. The van der Waals surface area contributed by atoms with Gasteiger partial charge in [-0.15, -0.1) is 0 Å². The number of aryl methyl sites for hydroxylation is 2. The van der Waals surface area contributed by atoms with Crippen molar-refractivity contribution >= 4 is 46.2 Å². The van der Waals surface area contributed by atoms with Gasteiger partial charge in [0, 0.05) is 60.6 Å². The van der Waals surface area contributed by atoms with Crippen molar-refractivity contribution in [3.63, 3.8) is 0 Å². The number of carbonyl (C=O) groups is 1. The molecule has 0 atom stereocenters. The first-order valence-electron chi connectivity index (χ1n) is 17.0. The number of carbonyl (C=O) groups excluding carboxylic acids is 1. The van der Waals surface area contributed by atoms with Gasteiger partial charge in [0.2, 0.25) is 5.88 Å². The molecule has 5 aromatic rings. The largest absolute Gasteiger partial charge is 0.493 e. The Bertz CT molecular complexity index is 1900. The van der Waals surface area contributed by atoms with Gasteiger partial charge in [0.05, 0.1) is 17.8 Å². The maximum atomic E-state index is 11.8. The molecular formula is C42H41ClIN3O4. The van der Waals surface area contributed by atoms with E-state index in [9.17, 15) is 4.79 Å². The van der Waals surface area contributed by atoms with Crippen LogP contribution in [0.5, 0.6) is 23.1 Å². The molecule has 0 radical (unpaired) electrons. The fourth-order valence-corrected chi connectivity index (χ4v) is 6.62. The van der Waals surface area contributed by atoms with E-state index in [4.69, 9.17) is 25.8 Å². The van der Waals surface area contributed by atoms with Crippen LogP contribution < -0.4 is 14.2 Å². The van der Waals surface area contributed by atoms with E-state index in [1.165, 1.54) is 20.3 Å². The molecule has 1 saturated heterocycles. The molecule has 7 nitrogen and oxygen atoms in total. The molecule has 0 saturated carbocycles. The molecule has 4 aromatic carbocycles. The van der Waals surface area contributed by atoms with E-state index in [0.717, 1.165) is 73.6 Å². The second kappa shape index (κ2) is 17.7. The van der Waals surface area contributed by atoms with Crippen LogP contribution in [0, 0.1) is 17.4 Å². The maximum Gasteiger partial charge on any atom is 0.219 e. The number of rotatable bonds is 14. The fraction of sp³-hybridized carbons (Fsp3) is 0.238. The highest BCUT2D eigenvalue weighted by Gasteiger charge is 2.22. The Morgan fingerprint density at radius 1 is 0.824 bits per heavy atom. The minimum absolute atomic E-state index is 0.414. The molecule has 0 aliphatic carbocycles. The predicted molar refractivity (Wildman–Crippen MR) is 212 cm³/mol. The standard InChI is InChI=1S/C42H41ClIN3O4/c1-30-3-5-34(6-4-30)29-50-38-15-16-41(45-27-38)51-42-31(2)25-35(26-39(42)43)40(17-23-48)47-21-19-46(20-22-47)28-33-9-7-32(8-10-33)18-24-49-37-13-11-36(44)12-14-37/h3-17,23,25-27H,18-22,24,28-29H2,1-2H3/b40-17+. The van der Waals surface area contributed by atoms with Gasteiger partial charge in [-0.2, -0.15) is 0 Å². The van der Waals surface area contributed by atoms with Crippen molar-refractivity contribution in [1.29, 1.82) is 0 Å². The fourth-order valence-electron chi connectivity index (χ4n) is 5.96. The van der Waals surface area contributed by atoms with Crippen LogP contribution >= 0.6 is 34.2 Å². The van der Waals surface area contributed by atoms with E-state index in [-0.39, 0.29) is 0 Å². The zero-order chi connectivity index (χ0) is 35.6. The van der Waals surface area contributed by atoms with Crippen molar-refractivity contribution < 1.29 is 19.0 Å². The number of piperazine rings is 1. The summed E-state index contributed by atoms with van der Waals surface area (Å²) in [6, 6.07) is 32.6. The van der Waals surface area contributed by atoms with Crippen molar-refractivity contribution in [2.45, 2.75) is 33.4 Å². The Labute approximate surface area is 319 Å². The normalized spacial score (nSPS) is 13.6. The molecule has 0 unspecified atom stereocenters. The van der Waals surface area contributed by atoms with Gasteiger partial charge in [0.25, 0.3) is 0 Å². The quantitative estimate of drug-likeness (QED) is 0.0630. The summed E-state index contributed by atoms with van der Waals surface area (Å²) >= 11 is 9.08. The van der Waals surface area contributed by atoms with Gasteiger partial charge in [-0.1, -0.05) is 65.7 Å². The topological polar surface area (TPSA) is 64.1 Å². The predicted octanol–water partition coefficient (Wildman–Crippen LogP) is 9.31. The van der Waals surface area contributed by atoms with E-state index in [1.54, 1.807) is 18.3 Å². The molecule has 9 heteroatoms. The van der Waals surface area contributed by atoms with Crippen LogP contribution in [-0.4, -0.2) is 53.9 Å². The summed E-state index contributed by atoms with van der Waals surface area (Å²) in [4.78, 5) is 20.9. The van der Waals surface area contributed by atoms with Crippen LogP contribution in [0.1, 0.15) is 33.4 Å². The smallest absolute Gasteiger partial charge is 0.219 e. The molecule has 6 rings (SSSR count). The van der Waals surface area contributed by atoms with Crippen molar-refractivity contribution in [3.8, 4) is 23.1 Å². The molecule has 262 valence electrons. The lowest BCUT2D eigenvalue weighted by Gasteiger charge is -2.37. The summed E-state index contributed by atoms with van der Waals surface area (Å²) in [5, 5.41) is 0.451. The summed E-state index contributed by atoms with van der Waals surface area (Å²) in [6.07, 6.45) is 4.97. The number of pyridine rings is 1. The molecular weight excluding hydrogens is 773 g/mol. The lowest BCUT2D eigenvalue weighted by molar-refractivity contribution is -0.104. The Morgan fingerprint density at radius 2 is 1.51 bits per heavy atom. The first-order valence-corrected chi connectivity index (χ1v) is 18.5. The van der Waals surface area contributed by atoms with Gasteiger partial charge in [-0.3, -0.25) is 9.69 Å². The minimum Gasteiger partial charge on any atom is -0.493 e. The Balaban J connectivity index is 1.00. The van der Waals surface area contributed by atoms with E-state index >= 15 is 0 Å². The highest BCUT2D eigenvalue weighted by molar-refractivity contribution is 14.1. The van der Waals surface area contributed by atoms with Crippen molar-refractivity contribution in [1.82, 2.24) is 14.8 Å². The van der Waals surface area contributed by atoms with Gasteiger partial charge < -0.3 is 19.1 Å². The van der Waals surface area contributed by atoms with Crippen LogP contribution in [0.3, 0.4) is 0 Å². The van der Waals surface area contributed by atoms with Crippen LogP contribution in [-0.2, 0) is 24.4 Å². The zero-order valence-electron chi connectivity index (χ0n) is 28.9. The average molecular weight is 814 g/mol. The molecule has 0 spiro atoms. The third kappa shape index (κ3) is 10.3. The Morgan fingerprint density at radius 3 is 2.18 bits per heavy atom. The summed E-state index contributed by atoms with van der Waals surface area (Å²) in [6.45, 7) is 9.35. The molecule has 0 amide bonds. The molecule has 0 N–H and O–H groups in total. The van der Waals surface area contributed by atoms with Crippen LogP contribution in [0.25, 0.3) is 5.70 Å². The number of hydrogen-bond donors (Lipinski definition) is 0. The number of benzene rings is 4. The van der Waals surface area contributed by atoms with Crippen molar-refractivity contribution in [2.24, 2.45) is 0 Å². The molecule has 1 aliphatic heterocycles. The molecule has 51 heavy (non-hydrogen) atoms. The van der Waals surface area contributed by atoms with Gasteiger partial charge in [0.15, 0.2) is 5.75 Å². The number of halogens is 2. The average Bonchev–Trinajstić information content (AvgIpc) is 3.14. The molecule has 1 aliphatic rings. The van der Waals surface area contributed by atoms with Crippen LogP contribution in [0.15, 0.2) is 109 Å². The van der Waals surface area contributed by atoms with Crippen LogP contribution in [0.2, 0.25) is 5.02 Å². The minimum atomic E-state index is 0.414. The maximum absolute atomic E-state index is 11.8. The molecule has 2 heterocycles. The van der Waals surface area contributed by atoms with Gasteiger partial charge in [0.1, 0.15) is 24.4 Å². The number of aldehydes is 1. The highest BCUT2D eigenvalue weighted by atomic mass is 127. The number of nitrogens with zero attached hydrogens (tertiary/aromatic N) is 3. The van der Waals surface area contributed by atoms with E-state index in [0.29, 0.717) is 35.6 Å². The zero-order valence-corrected chi connectivity index (χ0v) is 31.8. The first-order chi connectivity index (χ1) is 24.8. The third-order valence-electron chi connectivity index (χ3n) is 8.81. The molecule has 0 bridgehead atoms. The van der Waals surface area contributed by atoms with Crippen molar-refractivity contribution in [2.75, 3.05) is 32.8 Å². The Kier molecular flexibility index (Phi) is 12.6. The summed E-state index contributed by atoms with van der Waals surface area (Å²) in [5.41, 5.74) is 7.42. The van der Waals surface area contributed by atoms with E-state index < -0.39 is 0 Å². The lowest BCUT2D eigenvalue weighted by atomic mass is 10.1. The van der Waals surface area contributed by atoms with Gasteiger partial charge >= 0.3 is 0 Å². The van der Waals surface area contributed by atoms with E-state index in [1.807, 2.05) is 37.3 Å². The lowest BCUT2D eigenvalue weighted by Crippen LogP contribution is -2.45. The van der Waals surface area contributed by atoms with Gasteiger partial charge in [-0.25, -0.2) is 4.98 Å². The summed E-state index contributed by atoms with van der Waals surface area (Å²) in [5.74, 6) is 2.49. The first kappa shape index (κ1) is 36.4. The highest BCUT2D eigenvalue weighted by Crippen LogP contribution is 2.36. The van der Waals surface area contributed by atoms with Crippen molar-refractivity contribution in [3.05, 3.63) is 151 Å². The van der Waals surface area contributed by atoms with E-state index in [2.05, 4.69) is 105 Å². The summed E-state index contributed by atoms with van der Waals surface area (Å²) in [7, 11) is 0. The number of aromatic nitrogens is 1. The van der Waals surface area contributed by atoms with Gasteiger partial charge in [-0.05, 0) is 107 Å². The monoisotopic (exact) mass is 813 g/mol. The third-order valence-corrected chi connectivity index (χ3v) is 9.81. The molecule has 1 aromatic heterocycles. The number of allylic oxidation sites excluding steroid dienone is 1. The second-order valence-electron chi connectivity index (χ2n) is 12.6. The Hall–Kier alpha value is -4.38. The number of hydrogen-bond acceptors (Lipinski definition) is 7. The molecule has 1 fully saturated rings. The second-order valence-corrected chi connectivity index (χ2v) is 14.3.